The summed E-state index contributed by atoms with van der Waals surface area (Å²) in [6.07, 6.45) is 5.66. The average molecular weight is 332 g/mol. The highest BCUT2D eigenvalue weighted by atomic mass is 15.0. The minimum Gasteiger partial charge on any atom is -0.325 e. The van der Waals surface area contributed by atoms with Crippen LogP contribution in [-0.2, 0) is 6.42 Å². The maximum Gasteiger partial charge on any atom is 0.132 e. The van der Waals surface area contributed by atoms with Crippen LogP contribution >= 0.6 is 0 Å². The van der Waals surface area contributed by atoms with E-state index in [4.69, 9.17) is 0 Å². The number of aromatic nitrogens is 2. The molecule has 1 aliphatic rings. The predicted molar refractivity (Wildman–Crippen MR) is 103 cm³/mol. The molecule has 1 aromatic carbocycles. The van der Waals surface area contributed by atoms with E-state index in [1.165, 1.54) is 35.6 Å². The number of aryl methyl sites for hydroxylation is 1. The van der Waals surface area contributed by atoms with Crippen molar-refractivity contribution in [1.29, 1.82) is 0 Å². The summed E-state index contributed by atoms with van der Waals surface area (Å²) in [5.74, 6) is 2.47. The number of benzene rings is 1. The van der Waals surface area contributed by atoms with E-state index in [0.717, 1.165) is 36.3 Å². The molecule has 0 radical (unpaired) electrons. The van der Waals surface area contributed by atoms with Gasteiger partial charge in [0.05, 0.1) is 0 Å². The van der Waals surface area contributed by atoms with Gasteiger partial charge >= 0.3 is 0 Å². The first kappa shape index (κ1) is 16.0. The minimum atomic E-state index is 0.801. The van der Waals surface area contributed by atoms with Crippen molar-refractivity contribution in [1.82, 2.24) is 15.3 Å². The maximum absolute atomic E-state index is 4.52. The summed E-state index contributed by atoms with van der Waals surface area (Å²) in [6.45, 7) is 4.30. The molecule has 1 aliphatic heterocycles. The third kappa shape index (κ3) is 3.97. The number of hydrogen-bond acceptors (Lipinski definition) is 4. The molecule has 0 bridgehead atoms. The molecule has 0 atom stereocenters. The molecule has 25 heavy (non-hydrogen) atoms. The third-order valence-electron chi connectivity index (χ3n) is 4.91. The number of nitrogens with zero attached hydrogens (tertiary/aromatic N) is 2. The molecule has 1 saturated heterocycles. The number of nitrogens with one attached hydrogen (secondary N) is 2. The molecule has 4 heteroatoms. The van der Waals surface area contributed by atoms with Crippen LogP contribution in [0.15, 0.2) is 48.7 Å². The van der Waals surface area contributed by atoms with Crippen LogP contribution in [0.5, 0.6) is 0 Å². The topological polar surface area (TPSA) is 49.8 Å². The van der Waals surface area contributed by atoms with Gasteiger partial charge in [0, 0.05) is 17.3 Å². The third-order valence-corrected chi connectivity index (χ3v) is 4.91. The molecule has 3 heterocycles. The van der Waals surface area contributed by atoms with E-state index in [1.807, 2.05) is 31.3 Å². The normalized spacial score (nSPS) is 15.4. The van der Waals surface area contributed by atoms with Gasteiger partial charge in [-0.3, -0.25) is 0 Å². The Morgan fingerprint density at radius 3 is 2.76 bits per heavy atom. The summed E-state index contributed by atoms with van der Waals surface area (Å²) in [7, 11) is 0. The second kappa shape index (κ2) is 7.19. The van der Waals surface area contributed by atoms with Crippen molar-refractivity contribution in [2.75, 3.05) is 18.4 Å². The lowest BCUT2D eigenvalue weighted by Gasteiger charge is -2.22. The van der Waals surface area contributed by atoms with Gasteiger partial charge in [-0.25, -0.2) is 9.97 Å². The Hall–Kier alpha value is -2.46. The number of hydrogen-bond donors (Lipinski definition) is 2. The van der Waals surface area contributed by atoms with E-state index in [9.17, 15) is 0 Å². The first-order valence-corrected chi connectivity index (χ1v) is 9.06. The standard InChI is InChI=1S/C21H24N4/c1-15-3-2-4-20(24-15)25-21-13-19-12-17(5-6-18(19)14-23-21)11-16-7-9-22-10-8-16/h2-6,12-14,16,22H,7-11H2,1H3,(H,23,24,25). The van der Waals surface area contributed by atoms with Crippen molar-refractivity contribution >= 4 is 22.4 Å². The molecule has 1 fully saturated rings. The van der Waals surface area contributed by atoms with Crippen molar-refractivity contribution in [3.8, 4) is 0 Å². The Kier molecular flexibility index (Phi) is 4.61. The van der Waals surface area contributed by atoms with Gasteiger partial charge in [-0.2, -0.15) is 0 Å². The molecule has 0 aliphatic carbocycles. The monoisotopic (exact) mass is 332 g/mol. The van der Waals surface area contributed by atoms with Crippen LogP contribution in [0.25, 0.3) is 10.8 Å². The molecular weight excluding hydrogens is 308 g/mol. The number of fused-ring (bicyclic) bond motifs is 1. The SMILES string of the molecule is Cc1cccc(Nc2cc3cc(CC4CCNCC4)ccc3cn2)n1. The number of anilines is 2. The Bertz CT molecular complexity index is 869. The molecule has 0 saturated carbocycles. The van der Waals surface area contributed by atoms with E-state index in [-0.39, 0.29) is 0 Å². The van der Waals surface area contributed by atoms with Crippen molar-refractivity contribution in [2.24, 2.45) is 5.92 Å². The fourth-order valence-corrected chi connectivity index (χ4v) is 3.55. The second-order valence-corrected chi connectivity index (χ2v) is 6.94. The summed E-state index contributed by atoms with van der Waals surface area (Å²) in [4.78, 5) is 9.00. The van der Waals surface area contributed by atoms with Gasteiger partial charge in [-0.05, 0) is 74.3 Å². The van der Waals surface area contributed by atoms with Crippen LogP contribution in [0.3, 0.4) is 0 Å². The number of piperidine rings is 1. The van der Waals surface area contributed by atoms with Crippen molar-refractivity contribution in [2.45, 2.75) is 26.2 Å². The summed E-state index contributed by atoms with van der Waals surface area (Å²) in [5.41, 5.74) is 2.42. The maximum atomic E-state index is 4.52. The van der Waals surface area contributed by atoms with Gasteiger partial charge in [0.1, 0.15) is 11.6 Å². The van der Waals surface area contributed by atoms with E-state index < -0.39 is 0 Å². The molecule has 0 amide bonds. The van der Waals surface area contributed by atoms with Gasteiger partial charge < -0.3 is 10.6 Å². The highest BCUT2D eigenvalue weighted by molar-refractivity contribution is 5.85. The van der Waals surface area contributed by atoms with Gasteiger partial charge in [0.2, 0.25) is 0 Å². The van der Waals surface area contributed by atoms with Crippen LogP contribution in [0.2, 0.25) is 0 Å². The molecule has 128 valence electrons. The lowest BCUT2D eigenvalue weighted by atomic mass is 9.90. The summed E-state index contributed by atoms with van der Waals surface area (Å²) >= 11 is 0. The van der Waals surface area contributed by atoms with E-state index in [0.29, 0.717) is 0 Å². The Morgan fingerprint density at radius 1 is 1.04 bits per heavy atom. The van der Waals surface area contributed by atoms with Crippen molar-refractivity contribution < 1.29 is 0 Å². The molecule has 4 nitrogen and oxygen atoms in total. The Labute approximate surface area is 148 Å². The average Bonchev–Trinajstić information content (AvgIpc) is 2.62. The van der Waals surface area contributed by atoms with Gasteiger partial charge in [-0.15, -0.1) is 0 Å². The molecule has 0 spiro atoms. The highest BCUT2D eigenvalue weighted by Gasteiger charge is 2.13. The summed E-state index contributed by atoms with van der Waals surface area (Å²) in [5, 5.41) is 9.16. The smallest absolute Gasteiger partial charge is 0.132 e. The highest BCUT2D eigenvalue weighted by Crippen LogP contribution is 2.24. The van der Waals surface area contributed by atoms with Crippen LogP contribution in [-0.4, -0.2) is 23.1 Å². The van der Waals surface area contributed by atoms with Crippen LogP contribution in [0.4, 0.5) is 11.6 Å². The first-order chi connectivity index (χ1) is 12.3. The fourth-order valence-electron chi connectivity index (χ4n) is 3.55. The van der Waals surface area contributed by atoms with Crippen LogP contribution < -0.4 is 10.6 Å². The Morgan fingerprint density at radius 2 is 1.92 bits per heavy atom. The fraction of sp³-hybridized carbons (Fsp3) is 0.333. The van der Waals surface area contributed by atoms with Gasteiger partial charge in [0.15, 0.2) is 0 Å². The van der Waals surface area contributed by atoms with Gasteiger partial charge in [0.25, 0.3) is 0 Å². The molecule has 0 unspecified atom stereocenters. The zero-order valence-corrected chi connectivity index (χ0v) is 14.6. The van der Waals surface area contributed by atoms with Crippen molar-refractivity contribution in [3.63, 3.8) is 0 Å². The second-order valence-electron chi connectivity index (χ2n) is 6.94. The molecule has 2 N–H and O–H groups in total. The van der Waals surface area contributed by atoms with Gasteiger partial charge in [-0.1, -0.05) is 24.3 Å². The number of rotatable bonds is 4. The summed E-state index contributed by atoms with van der Waals surface area (Å²) in [6, 6.07) is 14.8. The summed E-state index contributed by atoms with van der Waals surface area (Å²) < 4.78 is 0. The lowest BCUT2D eigenvalue weighted by molar-refractivity contribution is 0.373. The zero-order chi connectivity index (χ0) is 17.1. The molecular formula is C21H24N4. The molecule has 4 rings (SSSR count). The largest absolute Gasteiger partial charge is 0.325 e. The van der Waals surface area contributed by atoms with E-state index in [2.05, 4.69) is 44.9 Å². The van der Waals surface area contributed by atoms with Crippen LogP contribution in [0.1, 0.15) is 24.1 Å². The Balaban J connectivity index is 1.55. The first-order valence-electron chi connectivity index (χ1n) is 9.06. The minimum absolute atomic E-state index is 0.801. The molecule has 3 aromatic rings. The van der Waals surface area contributed by atoms with Crippen LogP contribution in [0, 0.1) is 12.8 Å². The van der Waals surface area contributed by atoms with Crippen molar-refractivity contribution in [3.05, 3.63) is 59.9 Å². The van der Waals surface area contributed by atoms with E-state index in [1.54, 1.807) is 0 Å². The molecule has 2 aromatic heterocycles. The van der Waals surface area contributed by atoms with E-state index >= 15 is 0 Å². The zero-order valence-electron chi connectivity index (χ0n) is 14.6. The quantitative estimate of drug-likeness (QED) is 0.751. The number of pyridine rings is 2. The lowest BCUT2D eigenvalue weighted by Crippen LogP contribution is -2.28. The predicted octanol–water partition coefficient (Wildman–Crippen LogP) is 4.22.